The molecule has 1 rings (SSSR count). The normalized spacial score (nSPS) is 9.57. The van der Waals surface area contributed by atoms with Crippen LogP contribution >= 0.6 is 0 Å². The zero-order valence-electron chi connectivity index (χ0n) is 8.33. The van der Waals surface area contributed by atoms with Gasteiger partial charge in [0.05, 0.1) is 0 Å². The molecule has 14 heavy (non-hydrogen) atoms. The molecule has 0 saturated carbocycles. The number of Topliss-reactive ketones (excluding diaryl/α,β-unsaturated/α-hetero) is 1. The van der Waals surface area contributed by atoms with Gasteiger partial charge in [-0.1, -0.05) is 18.2 Å². The molecule has 1 N–H and O–H groups in total. The van der Waals surface area contributed by atoms with Crippen LogP contribution in [0.4, 0.5) is 5.69 Å². The summed E-state index contributed by atoms with van der Waals surface area (Å²) in [5.41, 5.74) is 1.57. The molecule has 74 valence electrons. The van der Waals surface area contributed by atoms with Crippen molar-refractivity contribution in [2.75, 3.05) is 5.32 Å². The molecule has 3 heteroatoms. The van der Waals surface area contributed by atoms with Crippen molar-refractivity contribution >= 4 is 17.4 Å². The third-order valence-electron chi connectivity index (χ3n) is 1.77. The number of amides is 1. The summed E-state index contributed by atoms with van der Waals surface area (Å²) in [6.07, 6.45) is 0.358. The molecule has 0 saturated heterocycles. The minimum absolute atomic E-state index is 0.0859. The molecular weight excluding hydrogens is 178 g/mol. The van der Waals surface area contributed by atoms with E-state index in [0.717, 1.165) is 11.3 Å². The number of hydrogen-bond donors (Lipinski definition) is 1. The van der Waals surface area contributed by atoms with Crippen molar-refractivity contribution in [2.24, 2.45) is 0 Å². The standard InChI is InChI=1S/C11H13NO2/c1-8(13)7-10-5-3-4-6-11(10)12-9(2)14/h3-6H,7H2,1-2H3,(H,12,14). The van der Waals surface area contributed by atoms with Crippen LogP contribution in [0.3, 0.4) is 0 Å². The molecule has 0 aliphatic heterocycles. The summed E-state index contributed by atoms with van der Waals surface area (Å²) >= 11 is 0. The van der Waals surface area contributed by atoms with E-state index in [1.165, 1.54) is 13.8 Å². The third kappa shape index (κ3) is 3.01. The Morgan fingerprint density at radius 3 is 2.43 bits per heavy atom. The van der Waals surface area contributed by atoms with E-state index < -0.39 is 0 Å². The molecule has 0 aliphatic rings. The van der Waals surface area contributed by atoms with Crippen LogP contribution < -0.4 is 5.32 Å². The van der Waals surface area contributed by atoms with Crippen LogP contribution in [0, 0.1) is 0 Å². The average Bonchev–Trinajstić information content (AvgIpc) is 2.06. The van der Waals surface area contributed by atoms with Crippen molar-refractivity contribution in [2.45, 2.75) is 20.3 Å². The highest BCUT2D eigenvalue weighted by molar-refractivity contribution is 5.90. The van der Waals surface area contributed by atoms with Crippen molar-refractivity contribution in [3.05, 3.63) is 29.8 Å². The summed E-state index contributed by atoms with van der Waals surface area (Å²) in [6, 6.07) is 7.31. The number of anilines is 1. The van der Waals surface area contributed by atoms with Gasteiger partial charge in [0, 0.05) is 19.0 Å². The monoisotopic (exact) mass is 191 g/mol. The van der Waals surface area contributed by atoms with Crippen molar-refractivity contribution < 1.29 is 9.59 Å². The van der Waals surface area contributed by atoms with Crippen LogP contribution in [0.1, 0.15) is 19.4 Å². The molecule has 1 aromatic rings. The predicted octanol–water partition coefficient (Wildman–Crippen LogP) is 1.78. The second kappa shape index (κ2) is 4.56. The summed E-state index contributed by atoms with van der Waals surface area (Å²) in [5.74, 6) is -0.0381. The maximum Gasteiger partial charge on any atom is 0.221 e. The molecular formula is C11H13NO2. The van der Waals surface area contributed by atoms with Crippen molar-refractivity contribution in [3.63, 3.8) is 0 Å². The van der Waals surface area contributed by atoms with Gasteiger partial charge in [-0.2, -0.15) is 0 Å². The fourth-order valence-electron chi connectivity index (χ4n) is 1.25. The maximum atomic E-state index is 10.9. The fourth-order valence-corrected chi connectivity index (χ4v) is 1.25. The van der Waals surface area contributed by atoms with E-state index in [-0.39, 0.29) is 11.7 Å². The number of carbonyl (C=O) groups excluding carboxylic acids is 2. The molecule has 0 fully saturated rings. The Morgan fingerprint density at radius 1 is 1.21 bits per heavy atom. The topological polar surface area (TPSA) is 46.2 Å². The van der Waals surface area contributed by atoms with Crippen molar-refractivity contribution in [1.82, 2.24) is 0 Å². The molecule has 0 heterocycles. The van der Waals surface area contributed by atoms with Gasteiger partial charge in [0.1, 0.15) is 5.78 Å². The lowest BCUT2D eigenvalue weighted by Crippen LogP contribution is -2.09. The van der Waals surface area contributed by atoms with Crippen LogP contribution in [-0.4, -0.2) is 11.7 Å². The van der Waals surface area contributed by atoms with Gasteiger partial charge in [0.25, 0.3) is 0 Å². The number of para-hydroxylation sites is 1. The molecule has 3 nitrogen and oxygen atoms in total. The minimum Gasteiger partial charge on any atom is -0.326 e. The number of nitrogens with one attached hydrogen (secondary N) is 1. The number of hydrogen-bond acceptors (Lipinski definition) is 2. The van der Waals surface area contributed by atoms with E-state index >= 15 is 0 Å². The quantitative estimate of drug-likeness (QED) is 0.791. The number of rotatable bonds is 3. The second-order valence-corrected chi connectivity index (χ2v) is 3.22. The highest BCUT2D eigenvalue weighted by atomic mass is 16.1. The Kier molecular flexibility index (Phi) is 3.40. The van der Waals surface area contributed by atoms with Gasteiger partial charge >= 0.3 is 0 Å². The molecule has 0 unspecified atom stereocenters. The van der Waals surface area contributed by atoms with Crippen LogP contribution in [0.2, 0.25) is 0 Å². The zero-order valence-corrected chi connectivity index (χ0v) is 8.33. The Hall–Kier alpha value is -1.64. The van der Waals surface area contributed by atoms with Gasteiger partial charge in [-0.25, -0.2) is 0 Å². The van der Waals surface area contributed by atoms with Gasteiger partial charge in [-0.05, 0) is 18.6 Å². The van der Waals surface area contributed by atoms with Gasteiger partial charge in [0.2, 0.25) is 5.91 Å². The number of ketones is 1. The highest BCUT2D eigenvalue weighted by Crippen LogP contribution is 2.15. The van der Waals surface area contributed by atoms with Crippen molar-refractivity contribution in [1.29, 1.82) is 0 Å². The maximum absolute atomic E-state index is 10.9. The average molecular weight is 191 g/mol. The number of benzene rings is 1. The van der Waals surface area contributed by atoms with Gasteiger partial charge in [0.15, 0.2) is 0 Å². The van der Waals surface area contributed by atoms with Crippen LogP contribution in [0.5, 0.6) is 0 Å². The summed E-state index contributed by atoms with van der Waals surface area (Å²) in [4.78, 5) is 21.8. The summed E-state index contributed by atoms with van der Waals surface area (Å²) in [7, 11) is 0. The molecule has 0 aromatic heterocycles. The lowest BCUT2D eigenvalue weighted by atomic mass is 10.1. The Labute approximate surface area is 83.1 Å². The smallest absolute Gasteiger partial charge is 0.221 e. The van der Waals surface area contributed by atoms with E-state index in [1.807, 2.05) is 18.2 Å². The lowest BCUT2D eigenvalue weighted by molar-refractivity contribution is -0.116. The Balaban J connectivity index is 2.90. The Morgan fingerprint density at radius 2 is 1.86 bits per heavy atom. The lowest BCUT2D eigenvalue weighted by Gasteiger charge is -2.07. The molecule has 0 radical (unpaired) electrons. The SMILES string of the molecule is CC(=O)Cc1ccccc1NC(C)=O. The fraction of sp³-hybridized carbons (Fsp3) is 0.273. The summed E-state index contributed by atoms with van der Waals surface area (Å²) in [5, 5.41) is 2.69. The predicted molar refractivity (Wildman–Crippen MR) is 55.1 cm³/mol. The van der Waals surface area contributed by atoms with E-state index in [0.29, 0.717) is 6.42 Å². The van der Waals surface area contributed by atoms with Gasteiger partial charge in [-0.3, -0.25) is 9.59 Å². The minimum atomic E-state index is -0.124. The molecule has 0 aliphatic carbocycles. The van der Waals surface area contributed by atoms with Crippen LogP contribution in [0.15, 0.2) is 24.3 Å². The first-order chi connectivity index (χ1) is 6.59. The zero-order chi connectivity index (χ0) is 10.6. The summed E-state index contributed by atoms with van der Waals surface area (Å²) < 4.78 is 0. The molecule has 0 spiro atoms. The van der Waals surface area contributed by atoms with E-state index in [2.05, 4.69) is 5.32 Å². The van der Waals surface area contributed by atoms with Crippen LogP contribution in [0.25, 0.3) is 0 Å². The third-order valence-corrected chi connectivity index (χ3v) is 1.77. The first-order valence-corrected chi connectivity index (χ1v) is 4.44. The first kappa shape index (κ1) is 10.4. The largest absolute Gasteiger partial charge is 0.326 e. The van der Waals surface area contributed by atoms with Crippen molar-refractivity contribution in [3.8, 4) is 0 Å². The Bertz CT molecular complexity index is 323. The first-order valence-electron chi connectivity index (χ1n) is 4.44. The van der Waals surface area contributed by atoms with Gasteiger partial charge in [-0.15, -0.1) is 0 Å². The highest BCUT2D eigenvalue weighted by Gasteiger charge is 2.04. The van der Waals surface area contributed by atoms with E-state index in [1.54, 1.807) is 6.07 Å². The van der Waals surface area contributed by atoms with Crippen LogP contribution in [-0.2, 0) is 16.0 Å². The van der Waals surface area contributed by atoms with E-state index in [4.69, 9.17) is 0 Å². The molecule has 1 amide bonds. The molecule has 1 aromatic carbocycles. The summed E-state index contributed by atoms with van der Waals surface area (Å²) in [6.45, 7) is 2.98. The van der Waals surface area contributed by atoms with Gasteiger partial charge < -0.3 is 5.32 Å². The second-order valence-electron chi connectivity index (χ2n) is 3.22. The number of carbonyl (C=O) groups is 2. The van der Waals surface area contributed by atoms with E-state index in [9.17, 15) is 9.59 Å². The molecule has 0 atom stereocenters. The molecule has 0 bridgehead atoms.